The van der Waals surface area contributed by atoms with E-state index in [0.717, 1.165) is 5.56 Å². The Balaban J connectivity index is 1.90. The number of rotatable bonds is 8. The highest BCUT2D eigenvalue weighted by molar-refractivity contribution is 6.30. The lowest BCUT2D eigenvalue weighted by atomic mass is 10.2. The SMILES string of the molecule is COc1cccc(CNC(=O)CNc2cc(Cl)ccc2OCC(F)(F)F)c1. The summed E-state index contributed by atoms with van der Waals surface area (Å²) in [4.78, 5) is 12.0. The zero-order valence-electron chi connectivity index (χ0n) is 14.4. The van der Waals surface area contributed by atoms with Gasteiger partial charge in [-0.2, -0.15) is 13.2 Å². The molecule has 0 spiro atoms. The van der Waals surface area contributed by atoms with Gasteiger partial charge in [0.1, 0.15) is 11.5 Å². The van der Waals surface area contributed by atoms with Crippen molar-refractivity contribution in [2.45, 2.75) is 12.7 Å². The van der Waals surface area contributed by atoms with Gasteiger partial charge in [0.05, 0.1) is 19.3 Å². The molecule has 9 heteroatoms. The van der Waals surface area contributed by atoms with Crippen LogP contribution in [0.4, 0.5) is 18.9 Å². The first-order chi connectivity index (χ1) is 12.8. The van der Waals surface area contributed by atoms with Crippen LogP contribution in [0, 0.1) is 0 Å². The van der Waals surface area contributed by atoms with E-state index in [1.165, 1.54) is 18.2 Å². The molecule has 5 nitrogen and oxygen atoms in total. The van der Waals surface area contributed by atoms with Gasteiger partial charge in [0, 0.05) is 11.6 Å². The van der Waals surface area contributed by atoms with Crippen LogP contribution in [0.3, 0.4) is 0 Å². The lowest BCUT2D eigenvalue weighted by Crippen LogP contribution is -2.29. The number of nitrogens with one attached hydrogen (secondary N) is 2. The first kappa shape index (κ1) is 20.7. The third-order valence-electron chi connectivity index (χ3n) is 3.40. The molecule has 0 aliphatic rings. The van der Waals surface area contributed by atoms with Crippen molar-refractivity contribution in [1.29, 1.82) is 0 Å². The molecule has 0 aliphatic heterocycles. The molecule has 0 unspecified atom stereocenters. The first-order valence-corrected chi connectivity index (χ1v) is 8.27. The van der Waals surface area contributed by atoms with Gasteiger partial charge in [-0.05, 0) is 35.9 Å². The van der Waals surface area contributed by atoms with E-state index in [-0.39, 0.29) is 30.4 Å². The number of amides is 1. The van der Waals surface area contributed by atoms with Gasteiger partial charge >= 0.3 is 6.18 Å². The smallest absolute Gasteiger partial charge is 0.422 e. The minimum atomic E-state index is -4.47. The second-order valence-corrected chi connectivity index (χ2v) is 5.96. The third kappa shape index (κ3) is 7.26. The molecule has 0 fully saturated rings. The molecule has 0 atom stereocenters. The predicted molar refractivity (Wildman–Crippen MR) is 96.3 cm³/mol. The molecule has 0 radical (unpaired) electrons. The Morgan fingerprint density at radius 2 is 1.96 bits per heavy atom. The fourth-order valence-electron chi connectivity index (χ4n) is 2.15. The molecular weight excluding hydrogens is 385 g/mol. The summed E-state index contributed by atoms with van der Waals surface area (Å²) in [6.07, 6.45) is -4.47. The highest BCUT2D eigenvalue weighted by atomic mass is 35.5. The summed E-state index contributed by atoms with van der Waals surface area (Å²) in [6.45, 7) is -1.32. The Kier molecular flexibility index (Phi) is 7.18. The van der Waals surface area contributed by atoms with Crippen molar-refractivity contribution < 1.29 is 27.4 Å². The van der Waals surface area contributed by atoms with Gasteiger partial charge in [0.15, 0.2) is 6.61 Å². The maximum Gasteiger partial charge on any atom is 0.422 e. The maximum atomic E-state index is 12.3. The average Bonchev–Trinajstić information content (AvgIpc) is 2.63. The van der Waals surface area contributed by atoms with Crippen LogP contribution in [0.25, 0.3) is 0 Å². The molecule has 1 amide bonds. The predicted octanol–water partition coefficient (Wildman–Crippen LogP) is 4.02. The minimum Gasteiger partial charge on any atom is -0.497 e. The van der Waals surface area contributed by atoms with Crippen LogP contribution in [0.2, 0.25) is 5.02 Å². The van der Waals surface area contributed by atoms with E-state index in [4.69, 9.17) is 21.1 Å². The molecular formula is C18H18ClF3N2O3. The number of methoxy groups -OCH3 is 1. The summed E-state index contributed by atoms with van der Waals surface area (Å²) in [5.74, 6) is 0.280. The fourth-order valence-corrected chi connectivity index (χ4v) is 2.32. The van der Waals surface area contributed by atoms with Crippen LogP contribution in [0.5, 0.6) is 11.5 Å². The molecule has 27 heavy (non-hydrogen) atoms. The van der Waals surface area contributed by atoms with Gasteiger partial charge in [-0.3, -0.25) is 4.79 Å². The van der Waals surface area contributed by atoms with Crippen molar-refractivity contribution >= 4 is 23.2 Å². The van der Waals surface area contributed by atoms with E-state index in [9.17, 15) is 18.0 Å². The second kappa shape index (κ2) is 9.36. The maximum absolute atomic E-state index is 12.3. The molecule has 2 aromatic rings. The van der Waals surface area contributed by atoms with Crippen LogP contribution in [0.1, 0.15) is 5.56 Å². The summed E-state index contributed by atoms with van der Waals surface area (Å²) in [5, 5.41) is 5.74. The molecule has 0 saturated heterocycles. The summed E-state index contributed by atoms with van der Waals surface area (Å²) in [7, 11) is 1.55. The third-order valence-corrected chi connectivity index (χ3v) is 3.63. The Morgan fingerprint density at radius 3 is 2.67 bits per heavy atom. The van der Waals surface area contributed by atoms with Gasteiger partial charge in [-0.1, -0.05) is 23.7 Å². The number of ether oxygens (including phenoxy) is 2. The summed E-state index contributed by atoms with van der Waals surface area (Å²) >= 11 is 5.86. The lowest BCUT2D eigenvalue weighted by Gasteiger charge is -2.15. The monoisotopic (exact) mass is 402 g/mol. The molecule has 0 aromatic heterocycles. The molecule has 2 N–H and O–H groups in total. The first-order valence-electron chi connectivity index (χ1n) is 7.89. The van der Waals surface area contributed by atoms with Crippen molar-refractivity contribution in [2.75, 3.05) is 25.6 Å². The quantitative estimate of drug-likeness (QED) is 0.700. The van der Waals surface area contributed by atoms with Crippen molar-refractivity contribution in [1.82, 2.24) is 5.32 Å². The number of benzene rings is 2. The summed E-state index contributed by atoms with van der Waals surface area (Å²) in [5.41, 5.74) is 1.04. The summed E-state index contributed by atoms with van der Waals surface area (Å²) in [6, 6.07) is 11.3. The highest BCUT2D eigenvalue weighted by Gasteiger charge is 2.28. The molecule has 0 heterocycles. The number of anilines is 1. The van der Waals surface area contributed by atoms with Gasteiger partial charge < -0.3 is 20.1 Å². The van der Waals surface area contributed by atoms with E-state index in [1.807, 2.05) is 6.07 Å². The van der Waals surface area contributed by atoms with E-state index >= 15 is 0 Å². The van der Waals surface area contributed by atoms with Crippen molar-refractivity contribution in [3.8, 4) is 11.5 Å². The Labute approximate surface area is 159 Å². The van der Waals surface area contributed by atoms with Gasteiger partial charge in [-0.15, -0.1) is 0 Å². The minimum absolute atomic E-state index is 0.0441. The zero-order chi connectivity index (χ0) is 19.9. The number of alkyl halides is 3. The average molecular weight is 403 g/mol. The highest BCUT2D eigenvalue weighted by Crippen LogP contribution is 2.29. The largest absolute Gasteiger partial charge is 0.497 e. The molecule has 0 bridgehead atoms. The van der Waals surface area contributed by atoms with Crippen molar-refractivity contribution in [3.05, 3.63) is 53.1 Å². The number of carbonyl (C=O) groups excluding carboxylic acids is 1. The fraction of sp³-hybridized carbons (Fsp3) is 0.278. The van der Waals surface area contributed by atoms with Crippen molar-refractivity contribution in [2.24, 2.45) is 0 Å². The number of carbonyl (C=O) groups is 1. The normalized spacial score (nSPS) is 11.0. The number of hydrogen-bond acceptors (Lipinski definition) is 4. The molecule has 0 saturated carbocycles. The van der Waals surface area contributed by atoms with Crippen LogP contribution >= 0.6 is 11.6 Å². The zero-order valence-corrected chi connectivity index (χ0v) is 15.2. The second-order valence-electron chi connectivity index (χ2n) is 5.53. The van der Waals surface area contributed by atoms with E-state index in [1.54, 1.807) is 25.3 Å². The van der Waals surface area contributed by atoms with E-state index in [0.29, 0.717) is 10.8 Å². The molecule has 2 rings (SSSR count). The van der Waals surface area contributed by atoms with Crippen molar-refractivity contribution in [3.63, 3.8) is 0 Å². The van der Waals surface area contributed by atoms with Crippen LogP contribution in [-0.4, -0.2) is 32.3 Å². The van der Waals surface area contributed by atoms with Gasteiger partial charge in [0.25, 0.3) is 0 Å². The Morgan fingerprint density at radius 1 is 1.19 bits per heavy atom. The Hall–Kier alpha value is -2.61. The Bertz CT molecular complexity index is 785. The van der Waals surface area contributed by atoms with Gasteiger partial charge in [0.2, 0.25) is 5.91 Å². The summed E-state index contributed by atoms with van der Waals surface area (Å²) < 4.78 is 46.9. The molecule has 146 valence electrons. The van der Waals surface area contributed by atoms with E-state index in [2.05, 4.69) is 10.6 Å². The molecule has 2 aromatic carbocycles. The standard InChI is InChI=1S/C18H18ClF3N2O3/c1-26-14-4-2-3-12(7-14)9-24-17(25)10-23-15-8-13(19)5-6-16(15)27-11-18(20,21)22/h2-8,23H,9-11H2,1H3,(H,24,25). The van der Waals surface area contributed by atoms with Crippen LogP contribution in [0.15, 0.2) is 42.5 Å². The van der Waals surface area contributed by atoms with Crippen LogP contribution in [-0.2, 0) is 11.3 Å². The van der Waals surface area contributed by atoms with Gasteiger partial charge in [-0.25, -0.2) is 0 Å². The van der Waals surface area contributed by atoms with E-state index < -0.39 is 12.8 Å². The van der Waals surface area contributed by atoms with Crippen LogP contribution < -0.4 is 20.1 Å². The number of halogens is 4. The lowest BCUT2D eigenvalue weighted by molar-refractivity contribution is -0.153. The number of hydrogen-bond donors (Lipinski definition) is 2. The molecule has 0 aliphatic carbocycles. The topological polar surface area (TPSA) is 59.6 Å².